The quantitative estimate of drug-likeness (QED) is 0.628. The van der Waals surface area contributed by atoms with Gasteiger partial charge in [0.05, 0.1) is 0 Å². The average molecular weight is 155 g/mol. The van der Waals surface area contributed by atoms with Gasteiger partial charge in [0, 0.05) is 6.04 Å². The number of aliphatic carboxylic acids is 1. The van der Waals surface area contributed by atoms with Crippen LogP contribution in [-0.4, -0.2) is 22.8 Å². The second-order valence-electron chi connectivity index (χ2n) is 2.41. The fourth-order valence-corrected chi connectivity index (χ4v) is 0.606. The summed E-state index contributed by atoms with van der Waals surface area (Å²) in [5.74, 6) is -0.975. The summed E-state index contributed by atoms with van der Waals surface area (Å²) in [5, 5.41) is 8.57. The van der Waals surface area contributed by atoms with E-state index in [4.69, 9.17) is 5.11 Å². The van der Waals surface area contributed by atoms with Crippen LogP contribution in [0.3, 0.4) is 0 Å². The molecule has 0 aliphatic heterocycles. The van der Waals surface area contributed by atoms with Crippen LogP contribution in [-0.2, 0) is 4.79 Å². The number of aliphatic imine (C=N–C) groups is 1. The van der Waals surface area contributed by atoms with E-state index in [0.29, 0.717) is 0 Å². The Morgan fingerprint density at radius 3 is 2.36 bits per heavy atom. The molecular weight excluding hydrogens is 142 g/mol. The maximum atomic E-state index is 10.4. The minimum Gasteiger partial charge on any atom is -0.477 e. The molecule has 1 N–H and O–H groups in total. The van der Waals surface area contributed by atoms with Crippen LogP contribution in [0, 0.1) is 0 Å². The van der Waals surface area contributed by atoms with Gasteiger partial charge in [0.1, 0.15) is 5.71 Å². The molecule has 3 heteroatoms. The molecule has 0 saturated carbocycles. The van der Waals surface area contributed by atoms with Gasteiger partial charge in [-0.05, 0) is 26.8 Å². The molecule has 0 fully saturated rings. The van der Waals surface area contributed by atoms with Crippen molar-refractivity contribution in [1.29, 1.82) is 0 Å². The van der Waals surface area contributed by atoms with Gasteiger partial charge in [0.2, 0.25) is 0 Å². The first-order valence-electron chi connectivity index (χ1n) is 3.51. The third-order valence-electron chi connectivity index (χ3n) is 0.941. The summed E-state index contributed by atoms with van der Waals surface area (Å²) in [7, 11) is 0. The molecule has 3 nitrogen and oxygen atoms in total. The number of carbonyl (C=O) groups is 1. The van der Waals surface area contributed by atoms with Crippen LogP contribution in [0.15, 0.2) is 17.1 Å². The first-order valence-corrected chi connectivity index (χ1v) is 3.51. The van der Waals surface area contributed by atoms with Gasteiger partial charge in [0.25, 0.3) is 0 Å². The molecule has 0 bridgehead atoms. The number of hydrogen-bond donors (Lipinski definition) is 1. The van der Waals surface area contributed by atoms with E-state index in [2.05, 4.69) is 4.99 Å². The molecule has 0 aromatic rings. The number of hydrogen-bond acceptors (Lipinski definition) is 2. The van der Waals surface area contributed by atoms with Gasteiger partial charge in [-0.1, -0.05) is 6.08 Å². The first-order chi connectivity index (χ1) is 5.07. The van der Waals surface area contributed by atoms with Crippen LogP contribution >= 0.6 is 0 Å². The van der Waals surface area contributed by atoms with Crippen molar-refractivity contribution in [2.24, 2.45) is 4.99 Å². The van der Waals surface area contributed by atoms with Crippen LogP contribution < -0.4 is 0 Å². The largest absolute Gasteiger partial charge is 0.477 e. The van der Waals surface area contributed by atoms with Crippen molar-refractivity contribution in [3.05, 3.63) is 12.2 Å². The molecule has 0 aromatic heterocycles. The Hall–Kier alpha value is -1.12. The van der Waals surface area contributed by atoms with E-state index >= 15 is 0 Å². The molecular formula is C8H13NO2. The minimum absolute atomic E-state index is 0.0253. The zero-order chi connectivity index (χ0) is 8.85. The number of carboxylic acids is 1. The highest BCUT2D eigenvalue weighted by Crippen LogP contribution is 1.90. The number of carboxylic acid groups (broad SMARTS) is 1. The smallest absolute Gasteiger partial charge is 0.354 e. The molecule has 0 radical (unpaired) electrons. The summed E-state index contributed by atoms with van der Waals surface area (Å²) in [6.45, 7) is 5.44. The zero-order valence-corrected chi connectivity index (χ0v) is 7.03. The monoisotopic (exact) mass is 155 g/mol. The van der Waals surface area contributed by atoms with Crippen molar-refractivity contribution in [3.63, 3.8) is 0 Å². The lowest BCUT2D eigenvalue weighted by molar-refractivity contribution is -0.129. The van der Waals surface area contributed by atoms with E-state index in [-0.39, 0.29) is 11.8 Å². The van der Waals surface area contributed by atoms with E-state index in [0.717, 1.165) is 0 Å². The summed E-state index contributed by atoms with van der Waals surface area (Å²) in [4.78, 5) is 14.3. The molecule has 11 heavy (non-hydrogen) atoms. The molecule has 0 rings (SSSR count). The molecule has 0 aliphatic carbocycles. The zero-order valence-electron chi connectivity index (χ0n) is 7.03. The van der Waals surface area contributed by atoms with E-state index < -0.39 is 5.97 Å². The van der Waals surface area contributed by atoms with Gasteiger partial charge < -0.3 is 5.11 Å². The topological polar surface area (TPSA) is 49.7 Å². The number of allylic oxidation sites excluding steroid dienone is 1. The normalized spacial score (nSPS) is 12.9. The van der Waals surface area contributed by atoms with Crippen LogP contribution in [0.4, 0.5) is 0 Å². The standard InChI is InChI=1S/C8H13NO2/c1-4-5-7(8(10)11)9-6(2)3/h4-6H,1-3H3,(H,10,11)/b5-4-,9-7+. The van der Waals surface area contributed by atoms with Gasteiger partial charge in [0.15, 0.2) is 0 Å². The fourth-order valence-electron chi connectivity index (χ4n) is 0.606. The Morgan fingerprint density at radius 1 is 1.55 bits per heavy atom. The van der Waals surface area contributed by atoms with Gasteiger partial charge in [-0.15, -0.1) is 0 Å². The van der Waals surface area contributed by atoms with Crippen LogP contribution in [0.25, 0.3) is 0 Å². The molecule has 0 amide bonds. The van der Waals surface area contributed by atoms with Crippen LogP contribution in [0.5, 0.6) is 0 Å². The molecule has 0 aromatic carbocycles. The summed E-state index contributed by atoms with van der Waals surface area (Å²) in [6.07, 6.45) is 3.15. The van der Waals surface area contributed by atoms with E-state index in [9.17, 15) is 4.79 Å². The molecule has 0 spiro atoms. The predicted octanol–water partition coefficient (Wildman–Crippen LogP) is 1.50. The van der Waals surface area contributed by atoms with Crippen molar-refractivity contribution in [1.82, 2.24) is 0 Å². The van der Waals surface area contributed by atoms with Gasteiger partial charge in [-0.3, -0.25) is 4.99 Å². The van der Waals surface area contributed by atoms with Gasteiger partial charge >= 0.3 is 5.97 Å². The van der Waals surface area contributed by atoms with Crippen molar-refractivity contribution >= 4 is 11.7 Å². The third-order valence-corrected chi connectivity index (χ3v) is 0.941. The highest BCUT2D eigenvalue weighted by atomic mass is 16.4. The molecule has 0 unspecified atom stereocenters. The van der Waals surface area contributed by atoms with E-state index in [1.165, 1.54) is 6.08 Å². The van der Waals surface area contributed by atoms with Crippen molar-refractivity contribution in [2.45, 2.75) is 26.8 Å². The van der Waals surface area contributed by atoms with Crippen LogP contribution in [0.1, 0.15) is 20.8 Å². The van der Waals surface area contributed by atoms with Crippen LogP contribution in [0.2, 0.25) is 0 Å². The molecule has 62 valence electrons. The second kappa shape index (κ2) is 4.66. The Labute approximate surface area is 66.5 Å². The predicted molar refractivity (Wildman–Crippen MR) is 45.0 cm³/mol. The number of rotatable bonds is 3. The Morgan fingerprint density at radius 2 is 2.09 bits per heavy atom. The minimum atomic E-state index is -0.975. The number of nitrogens with zero attached hydrogens (tertiary/aromatic N) is 1. The Bertz CT molecular complexity index is 192. The highest BCUT2D eigenvalue weighted by Gasteiger charge is 2.04. The molecule has 0 saturated heterocycles. The lowest BCUT2D eigenvalue weighted by atomic mass is 10.3. The van der Waals surface area contributed by atoms with Crippen molar-refractivity contribution in [2.75, 3.05) is 0 Å². The third kappa shape index (κ3) is 4.31. The van der Waals surface area contributed by atoms with Gasteiger partial charge in [-0.25, -0.2) is 4.79 Å². The summed E-state index contributed by atoms with van der Waals surface area (Å²) < 4.78 is 0. The second-order valence-corrected chi connectivity index (χ2v) is 2.41. The van der Waals surface area contributed by atoms with E-state index in [1.807, 2.05) is 13.8 Å². The molecule has 0 heterocycles. The lowest BCUT2D eigenvalue weighted by Crippen LogP contribution is -2.12. The van der Waals surface area contributed by atoms with Gasteiger partial charge in [-0.2, -0.15) is 0 Å². The summed E-state index contributed by atoms with van der Waals surface area (Å²) >= 11 is 0. The summed E-state index contributed by atoms with van der Waals surface area (Å²) in [6, 6.07) is 0.0253. The molecule has 0 atom stereocenters. The molecule has 0 aliphatic rings. The Kier molecular flexibility index (Phi) is 4.18. The summed E-state index contributed by atoms with van der Waals surface area (Å²) in [5.41, 5.74) is 0.113. The van der Waals surface area contributed by atoms with E-state index in [1.54, 1.807) is 13.0 Å². The maximum Gasteiger partial charge on any atom is 0.354 e. The Balaban J connectivity index is 4.46. The highest BCUT2D eigenvalue weighted by molar-refractivity contribution is 6.40. The van der Waals surface area contributed by atoms with Crippen molar-refractivity contribution < 1.29 is 9.90 Å². The van der Waals surface area contributed by atoms with Crippen molar-refractivity contribution in [3.8, 4) is 0 Å². The SMILES string of the molecule is C/C=C\C(=N/C(C)C)C(=O)O. The first kappa shape index (κ1) is 9.88. The fraction of sp³-hybridized carbons (Fsp3) is 0.500. The lowest BCUT2D eigenvalue weighted by Gasteiger charge is -1.97. The average Bonchev–Trinajstić information content (AvgIpc) is 1.86. The maximum absolute atomic E-state index is 10.4.